The molecule has 1 aromatic carbocycles. The first-order valence-electron chi connectivity index (χ1n) is 9.20. The Bertz CT molecular complexity index is 1030. The Hall–Kier alpha value is -3.43. The Kier molecular flexibility index (Phi) is 5.15. The summed E-state index contributed by atoms with van der Waals surface area (Å²) in [6, 6.07) is 9.48. The lowest BCUT2D eigenvalue weighted by atomic mass is 10.1. The monoisotopic (exact) mass is 419 g/mol. The van der Waals surface area contributed by atoms with Crippen molar-refractivity contribution in [1.82, 2.24) is 20.5 Å². The van der Waals surface area contributed by atoms with Gasteiger partial charge in [-0.15, -0.1) is 0 Å². The first-order chi connectivity index (χ1) is 14.3. The van der Waals surface area contributed by atoms with Gasteiger partial charge in [-0.05, 0) is 48.9 Å². The molecule has 0 saturated carbocycles. The van der Waals surface area contributed by atoms with E-state index in [2.05, 4.69) is 20.5 Å². The SMILES string of the molecule is O=C(N[C@@H]1CCN(c2ccc(C(F)(F)F)cn2)C1)c1cc(-c2ccc(F)cc2)n[nH]1. The van der Waals surface area contributed by atoms with Gasteiger partial charge in [0, 0.05) is 30.9 Å². The predicted octanol–water partition coefficient (Wildman–Crippen LogP) is 3.64. The summed E-state index contributed by atoms with van der Waals surface area (Å²) in [5, 5.41) is 9.63. The number of pyridine rings is 1. The van der Waals surface area contributed by atoms with E-state index in [4.69, 9.17) is 0 Å². The molecule has 2 N–H and O–H groups in total. The van der Waals surface area contributed by atoms with E-state index in [1.54, 1.807) is 18.2 Å². The number of hydrogen-bond acceptors (Lipinski definition) is 4. The van der Waals surface area contributed by atoms with E-state index in [1.165, 1.54) is 18.2 Å². The number of H-pyrrole nitrogens is 1. The zero-order valence-electron chi connectivity index (χ0n) is 15.6. The second-order valence-corrected chi connectivity index (χ2v) is 6.98. The Balaban J connectivity index is 1.36. The van der Waals surface area contributed by atoms with Crippen LogP contribution >= 0.6 is 0 Å². The maximum atomic E-state index is 13.0. The highest BCUT2D eigenvalue weighted by Crippen LogP contribution is 2.30. The predicted molar refractivity (Wildman–Crippen MR) is 101 cm³/mol. The molecular weight excluding hydrogens is 402 g/mol. The molecule has 0 bridgehead atoms. The molecule has 1 aliphatic heterocycles. The summed E-state index contributed by atoms with van der Waals surface area (Å²) in [4.78, 5) is 18.2. The highest BCUT2D eigenvalue weighted by molar-refractivity contribution is 5.93. The number of aromatic nitrogens is 3. The van der Waals surface area contributed by atoms with Crippen LogP contribution in [0, 0.1) is 5.82 Å². The van der Waals surface area contributed by atoms with Gasteiger partial charge in [-0.25, -0.2) is 9.37 Å². The fraction of sp³-hybridized carbons (Fsp3) is 0.250. The number of carbonyl (C=O) groups excluding carboxylic acids is 1. The Labute approximate surface area is 168 Å². The van der Waals surface area contributed by atoms with Crippen LogP contribution in [-0.4, -0.2) is 40.2 Å². The number of aromatic amines is 1. The fourth-order valence-electron chi connectivity index (χ4n) is 3.30. The Morgan fingerprint density at radius 1 is 1.17 bits per heavy atom. The quantitative estimate of drug-likeness (QED) is 0.634. The molecule has 156 valence electrons. The van der Waals surface area contributed by atoms with Crippen LogP contribution in [0.1, 0.15) is 22.5 Å². The molecule has 3 aromatic rings. The van der Waals surface area contributed by atoms with Crippen molar-refractivity contribution in [3.05, 3.63) is 65.7 Å². The van der Waals surface area contributed by atoms with Crippen LogP contribution in [0.5, 0.6) is 0 Å². The molecule has 1 fully saturated rings. The molecule has 1 atom stereocenters. The summed E-state index contributed by atoms with van der Waals surface area (Å²) in [6.07, 6.45) is -2.99. The summed E-state index contributed by atoms with van der Waals surface area (Å²) in [6.45, 7) is 0.996. The number of nitrogens with one attached hydrogen (secondary N) is 2. The largest absolute Gasteiger partial charge is 0.417 e. The molecular formula is C20H17F4N5O. The van der Waals surface area contributed by atoms with E-state index in [1.807, 2.05) is 4.90 Å². The van der Waals surface area contributed by atoms with Crippen LogP contribution in [0.2, 0.25) is 0 Å². The number of halogens is 4. The van der Waals surface area contributed by atoms with Crippen molar-refractivity contribution in [2.45, 2.75) is 18.6 Å². The summed E-state index contributed by atoms with van der Waals surface area (Å²) < 4.78 is 51.0. The smallest absolute Gasteiger partial charge is 0.354 e. The van der Waals surface area contributed by atoms with Crippen molar-refractivity contribution in [2.75, 3.05) is 18.0 Å². The Morgan fingerprint density at radius 2 is 1.93 bits per heavy atom. The van der Waals surface area contributed by atoms with Gasteiger partial charge in [0.2, 0.25) is 0 Å². The molecule has 10 heteroatoms. The minimum absolute atomic E-state index is 0.181. The van der Waals surface area contributed by atoms with Gasteiger partial charge in [0.15, 0.2) is 0 Å². The second kappa shape index (κ2) is 7.77. The van der Waals surface area contributed by atoms with Crippen molar-refractivity contribution in [3.8, 4) is 11.3 Å². The van der Waals surface area contributed by atoms with Crippen molar-refractivity contribution in [3.63, 3.8) is 0 Å². The molecule has 1 aliphatic rings. The van der Waals surface area contributed by atoms with Crippen LogP contribution in [-0.2, 0) is 6.18 Å². The zero-order chi connectivity index (χ0) is 21.3. The van der Waals surface area contributed by atoms with Crippen molar-refractivity contribution in [2.24, 2.45) is 0 Å². The third-order valence-corrected chi connectivity index (χ3v) is 4.89. The summed E-state index contributed by atoms with van der Waals surface area (Å²) in [7, 11) is 0. The number of carbonyl (C=O) groups is 1. The molecule has 2 aromatic heterocycles. The van der Waals surface area contributed by atoms with Gasteiger partial charge in [-0.3, -0.25) is 9.89 Å². The normalized spacial score (nSPS) is 16.7. The number of alkyl halides is 3. The van der Waals surface area contributed by atoms with Gasteiger partial charge in [0.25, 0.3) is 5.91 Å². The van der Waals surface area contributed by atoms with Crippen LogP contribution in [0.25, 0.3) is 11.3 Å². The number of amides is 1. The van der Waals surface area contributed by atoms with Crippen molar-refractivity contribution in [1.29, 1.82) is 0 Å². The van der Waals surface area contributed by atoms with Gasteiger partial charge < -0.3 is 10.2 Å². The maximum absolute atomic E-state index is 13.0. The minimum atomic E-state index is -4.43. The molecule has 0 spiro atoms. The van der Waals surface area contributed by atoms with Gasteiger partial charge in [0.05, 0.1) is 11.3 Å². The molecule has 30 heavy (non-hydrogen) atoms. The minimum Gasteiger partial charge on any atom is -0.354 e. The first kappa shape index (κ1) is 19.9. The number of hydrogen-bond donors (Lipinski definition) is 2. The van der Waals surface area contributed by atoms with E-state index in [0.29, 0.717) is 36.6 Å². The Morgan fingerprint density at radius 3 is 2.60 bits per heavy atom. The lowest BCUT2D eigenvalue weighted by Crippen LogP contribution is -2.37. The van der Waals surface area contributed by atoms with Gasteiger partial charge in [-0.1, -0.05) is 0 Å². The standard InChI is InChI=1S/C20H17F4N5O/c21-14-4-1-12(2-5-14)16-9-17(28-27-16)19(30)26-15-7-8-29(11-15)18-6-3-13(10-25-18)20(22,23)24/h1-6,9-10,15H,7-8,11H2,(H,26,30)(H,27,28)/t15-/m1/s1. The van der Waals surface area contributed by atoms with Crippen LogP contribution in [0.3, 0.4) is 0 Å². The lowest BCUT2D eigenvalue weighted by molar-refractivity contribution is -0.137. The van der Waals surface area contributed by atoms with Crippen LogP contribution in [0.4, 0.5) is 23.4 Å². The number of nitrogens with zero attached hydrogens (tertiary/aromatic N) is 3. The molecule has 0 radical (unpaired) electrons. The average molecular weight is 419 g/mol. The third-order valence-electron chi connectivity index (χ3n) is 4.89. The van der Waals surface area contributed by atoms with Crippen LogP contribution in [0.15, 0.2) is 48.7 Å². The van der Waals surface area contributed by atoms with E-state index >= 15 is 0 Å². The molecule has 0 unspecified atom stereocenters. The molecule has 0 aliphatic carbocycles. The summed E-state index contributed by atoms with van der Waals surface area (Å²) in [5.41, 5.74) is 0.654. The summed E-state index contributed by atoms with van der Waals surface area (Å²) in [5.74, 6) is -0.274. The van der Waals surface area contributed by atoms with Crippen LogP contribution < -0.4 is 10.2 Å². The zero-order valence-corrected chi connectivity index (χ0v) is 15.6. The number of anilines is 1. The van der Waals surface area contributed by atoms with E-state index in [0.717, 1.165) is 12.3 Å². The van der Waals surface area contributed by atoms with E-state index < -0.39 is 11.7 Å². The lowest BCUT2D eigenvalue weighted by Gasteiger charge is -2.18. The molecule has 4 rings (SSSR count). The van der Waals surface area contributed by atoms with Gasteiger partial charge in [0.1, 0.15) is 17.3 Å². The highest BCUT2D eigenvalue weighted by atomic mass is 19.4. The van der Waals surface area contributed by atoms with Gasteiger partial charge in [-0.2, -0.15) is 18.3 Å². The third kappa shape index (κ3) is 4.27. The first-order valence-corrected chi connectivity index (χ1v) is 9.20. The number of benzene rings is 1. The van der Waals surface area contributed by atoms with Crippen molar-refractivity contribution >= 4 is 11.7 Å². The second-order valence-electron chi connectivity index (χ2n) is 6.98. The molecule has 6 nitrogen and oxygen atoms in total. The molecule has 1 amide bonds. The molecule has 3 heterocycles. The topological polar surface area (TPSA) is 73.9 Å². The number of rotatable bonds is 4. The highest BCUT2D eigenvalue weighted by Gasteiger charge is 2.31. The molecule has 1 saturated heterocycles. The van der Waals surface area contributed by atoms with Gasteiger partial charge >= 0.3 is 6.18 Å². The van der Waals surface area contributed by atoms with E-state index in [-0.39, 0.29) is 23.5 Å². The summed E-state index contributed by atoms with van der Waals surface area (Å²) >= 11 is 0. The maximum Gasteiger partial charge on any atom is 0.417 e. The van der Waals surface area contributed by atoms with E-state index in [9.17, 15) is 22.4 Å². The average Bonchev–Trinajstić information content (AvgIpc) is 3.38. The fourth-order valence-corrected chi connectivity index (χ4v) is 3.30. The van der Waals surface area contributed by atoms with Crippen molar-refractivity contribution < 1.29 is 22.4 Å².